The smallest absolute Gasteiger partial charge is 0.124 e. The first-order chi connectivity index (χ1) is 7.67. The predicted molar refractivity (Wildman–Crippen MR) is 68.1 cm³/mol. The van der Waals surface area contributed by atoms with E-state index < -0.39 is 0 Å². The summed E-state index contributed by atoms with van der Waals surface area (Å²) in [6.45, 7) is 2.22. The second-order valence-corrected chi connectivity index (χ2v) is 5.33. The molecular weight excluding hydrogens is 269 g/mol. The molecule has 0 amide bonds. The molecule has 3 unspecified atom stereocenters. The van der Waals surface area contributed by atoms with Crippen molar-refractivity contribution in [1.82, 2.24) is 5.32 Å². The topological polar surface area (TPSA) is 12.0 Å². The molecule has 1 aliphatic carbocycles. The lowest BCUT2D eigenvalue weighted by atomic mass is 9.65. The summed E-state index contributed by atoms with van der Waals surface area (Å²) in [5.41, 5.74) is 1.25. The van der Waals surface area contributed by atoms with E-state index in [1.807, 2.05) is 13.1 Å². The highest BCUT2D eigenvalue weighted by Gasteiger charge is 2.40. The third kappa shape index (κ3) is 2.03. The number of hydrogen-bond donors (Lipinski definition) is 1. The standard InChI is InChI=1S/C13H17BrFN/c1-3-9-11(7-13(9)16-2)10-5-4-8(15)6-12(10)14/h4-6,9,11,13,16H,3,7H2,1-2H3. The first-order valence-corrected chi connectivity index (χ1v) is 6.58. The molecule has 88 valence electrons. The van der Waals surface area contributed by atoms with Crippen molar-refractivity contribution in [2.75, 3.05) is 7.05 Å². The van der Waals surface area contributed by atoms with Gasteiger partial charge in [-0.25, -0.2) is 4.39 Å². The molecule has 0 radical (unpaired) electrons. The van der Waals surface area contributed by atoms with Crippen LogP contribution in [0.15, 0.2) is 22.7 Å². The lowest BCUT2D eigenvalue weighted by molar-refractivity contribution is 0.168. The molecule has 0 saturated heterocycles. The van der Waals surface area contributed by atoms with Crippen molar-refractivity contribution < 1.29 is 4.39 Å². The maximum absolute atomic E-state index is 13.0. The van der Waals surface area contributed by atoms with Gasteiger partial charge in [0, 0.05) is 10.5 Å². The first-order valence-electron chi connectivity index (χ1n) is 5.79. The maximum Gasteiger partial charge on any atom is 0.124 e. The molecule has 1 fully saturated rings. The summed E-state index contributed by atoms with van der Waals surface area (Å²) >= 11 is 3.46. The number of halogens is 2. The van der Waals surface area contributed by atoms with Crippen LogP contribution in [0, 0.1) is 11.7 Å². The maximum atomic E-state index is 13.0. The van der Waals surface area contributed by atoms with Crippen molar-refractivity contribution in [3.8, 4) is 0 Å². The zero-order valence-electron chi connectivity index (χ0n) is 9.63. The summed E-state index contributed by atoms with van der Waals surface area (Å²) in [4.78, 5) is 0. The van der Waals surface area contributed by atoms with Gasteiger partial charge < -0.3 is 5.32 Å². The van der Waals surface area contributed by atoms with Crippen LogP contribution in [0.4, 0.5) is 4.39 Å². The quantitative estimate of drug-likeness (QED) is 0.893. The summed E-state index contributed by atoms with van der Waals surface area (Å²) < 4.78 is 13.9. The van der Waals surface area contributed by atoms with Crippen LogP contribution in [0.2, 0.25) is 0 Å². The monoisotopic (exact) mass is 285 g/mol. The lowest BCUT2D eigenvalue weighted by Gasteiger charge is -2.45. The van der Waals surface area contributed by atoms with Gasteiger partial charge >= 0.3 is 0 Å². The normalized spacial score (nSPS) is 28.9. The minimum absolute atomic E-state index is 0.173. The molecule has 1 aromatic rings. The van der Waals surface area contributed by atoms with Crippen LogP contribution in [0.5, 0.6) is 0 Å². The van der Waals surface area contributed by atoms with Gasteiger partial charge in [-0.15, -0.1) is 0 Å². The van der Waals surface area contributed by atoms with Crippen molar-refractivity contribution in [1.29, 1.82) is 0 Å². The van der Waals surface area contributed by atoms with Crippen LogP contribution in [0.25, 0.3) is 0 Å². The second-order valence-electron chi connectivity index (χ2n) is 4.48. The summed E-state index contributed by atoms with van der Waals surface area (Å²) in [5, 5.41) is 3.34. The van der Waals surface area contributed by atoms with Crippen LogP contribution in [0.3, 0.4) is 0 Å². The molecule has 2 rings (SSSR count). The lowest BCUT2D eigenvalue weighted by Crippen LogP contribution is -2.47. The molecule has 1 nitrogen and oxygen atoms in total. The largest absolute Gasteiger partial charge is 0.317 e. The van der Waals surface area contributed by atoms with Crippen LogP contribution < -0.4 is 5.32 Å². The molecule has 0 aliphatic heterocycles. The van der Waals surface area contributed by atoms with Crippen molar-refractivity contribution in [3.05, 3.63) is 34.1 Å². The summed E-state index contributed by atoms with van der Waals surface area (Å²) in [5.74, 6) is 1.07. The second kappa shape index (κ2) is 4.84. The molecule has 1 N–H and O–H groups in total. The number of nitrogens with one attached hydrogen (secondary N) is 1. The molecular formula is C13H17BrFN. The van der Waals surface area contributed by atoms with Crippen LogP contribution in [-0.2, 0) is 0 Å². The van der Waals surface area contributed by atoms with E-state index in [9.17, 15) is 4.39 Å². The van der Waals surface area contributed by atoms with Gasteiger partial charge in [-0.2, -0.15) is 0 Å². The number of benzene rings is 1. The highest BCUT2D eigenvalue weighted by Crippen LogP contribution is 2.46. The Morgan fingerprint density at radius 3 is 2.81 bits per heavy atom. The molecule has 3 atom stereocenters. The average molecular weight is 286 g/mol. The SMILES string of the molecule is CCC1C(NC)CC1c1ccc(F)cc1Br. The summed E-state index contributed by atoms with van der Waals surface area (Å²) in [7, 11) is 2.02. The Hall–Kier alpha value is -0.410. The van der Waals surface area contributed by atoms with Crippen molar-refractivity contribution in [3.63, 3.8) is 0 Å². The fourth-order valence-corrected chi connectivity index (χ4v) is 3.41. The van der Waals surface area contributed by atoms with Gasteiger partial charge in [-0.3, -0.25) is 0 Å². The zero-order valence-corrected chi connectivity index (χ0v) is 11.2. The molecule has 0 spiro atoms. The Labute approximate surface area is 105 Å². The van der Waals surface area contributed by atoms with Gasteiger partial charge in [0.1, 0.15) is 5.82 Å². The molecule has 16 heavy (non-hydrogen) atoms. The Bertz CT molecular complexity index is 380. The van der Waals surface area contributed by atoms with Crippen LogP contribution in [0.1, 0.15) is 31.2 Å². The van der Waals surface area contributed by atoms with Crippen molar-refractivity contribution in [2.24, 2.45) is 5.92 Å². The minimum atomic E-state index is -0.173. The molecule has 1 aromatic carbocycles. The summed E-state index contributed by atoms with van der Waals surface area (Å²) in [6, 6.07) is 5.65. The third-order valence-electron chi connectivity index (χ3n) is 3.75. The number of hydrogen-bond acceptors (Lipinski definition) is 1. The van der Waals surface area contributed by atoms with E-state index in [-0.39, 0.29) is 5.82 Å². The van der Waals surface area contributed by atoms with E-state index in [0.717, 1.165) is 10.9 Å². The molecule has 1 saturated carbocycles. The van der Waals surface area contributed by atoms with Gasteiger partial charge in [-0.1, -0.05) is 35.3 Å². The Morgan fingerprint density at radius 2 is 2.25 bits per heavy atom. The van der Waals surface area contributed by atoms with Crippen LogP contribution in [-0.4, -0.2) is 13.1 Å². The fraction of sp³-hybridized carbons (Fsp3) is 0.538. The molecule has 0 heterocycles. The highest BCUT2D eigenvalue weighted by atomic mass is 79.9. The molecule has 1 aliphatic rings. The Kier molecular flexibility index (Phi) is 3.65. The van der Waals surface area contributed by atoms with E-state index in [2.05, 4.69) is 28.2 Å². The van der Waals surface area contributed by atoms with Gasteiger partial charge in [0.2, 0.25) is 0 Å². The van der Waals surface area contributed by atoms with E-state index >= 15 is 0 Å². The first kappa shape index (κ1) is 12.1. The van der Waals surface area contributed by atoms with E-state index in [1.165, 1.54) is 12.0 Å². The van der Waals surface area contributed by atoms with Gasteiger partial charge in [-0.05, 0) is 43.0 Å². The van der Waals surface area contributed by atoms with E-state index in [0.29, 0.717) is 17.9 Å². The van der Waals surface area contributed by atoms with Gasteiger partial charge in [0.15, 0.2) is 0 Å². The Morgan fingerprint density at radius 1 is 1.50 bits per heavy atom. The average Bonchev–Trinajstić information content (AvgIpc) is 2.21. The van der Waals surface area contributed by atoms with Crippen molar-refractivity contribution in [2.45, 2.75) is 31.7 Å². The summed E-state index contributed by atoms with van der Waals surface area (Å²) in [6.07, 6.45) is 2.32. The zero-order chi connectivity index (χ0) is 11.7. The highest BCUT2D eigenvalue weighted by molar-refractivity contribution is 9.10. The Balaban J connectivity index is 2.19. The number of rotatable bonds is 3. The minimum Gasteiger partial charge on any atom is -0.317 e. The van der Waals surface area contributed by atoms with Gasteiger partial charge in [0.25, 0.3) is 0 Å². The molecule has 3 heteroatoms. The van der Waals surface area contributed by atoms with E-state index in [4.69, 9.17) is 0 Å². The third-order valence-corrected chi connectivity index (χ3v) is 4.43. The molecule has 0 bridgehead atoms. The van der Waals surface area contributed by atoms with Gasteiger partial charge in [0.05, 0.1) is 0 Å². The van der Waals surface area contributed by atoms with E-state index in [1.54, 1.807) is 12.1 Å². The fourth-order valence-electron chi connectivity index (χ4n) is 2.77. The van der Waals surface area contributed by atoms with Crippen molar-refractivity contribution >= 4 is 15.9 Å². The predicted octanol–water partition coefficient (Wildman–Crippen LogP) is 3.69. The molecule has 0 aromatic heterocycles. The van der Waals surface area contributed by atoms with Crippen LogP contribution >= 0.6 is 15.9 Å².